The van der Waals surface area contributed by atoms with E-state index in [-0.39, 0.29) is 6.42 Å². The largest absolute Gasteiger partial charge is 0.481 e. The van der Waals surface area contributed by atoms with Gasteiger partial charge in [0.2, 0.25) is 0 Å². The third-order valence-electron chi connectivity index (χ3n) is 3.67. The number of carboxylic acid groups (broad SMARTS) is 1. The van der Waals surface area contributed by atoms with Crippen molar-refractivity contribution in [3.63, 3.8) is 0 Å². The van der Waals surface area contributed by atoms with Gasteiger partial charge in [-0.3, -0.25) is 4.79 Å². The van der Waals surface area contributed by atoms with Gasteiger partial charge in [0.1, 0.15) is 24.4 Å². The summed E-state index contributed by atoms with van der Waals surface area (Å²) >= 11 is 0. The van der Waals surface area contributed by atoms with E-state index >= 15 is 0 Å². The lowest BCUT2D eigenvalue weighted by Crippen LogP contribution is -2.59. The Hall–Kier alpha value is -0.770. The number of aliphatic hydroxyl groups excluding tert-OH is 4. The van der Waals surface area contributed by atoms with Gasteiger partial charge in [0.25, 0.3) is 0 Å². The zero-order chi connectivity index (χ0) is 16.5. The molecule has 1 rings (SSSR count). The van der Waals surface area contributed by atoms with Gasteiger partial charge in [-0.05, 0) is 12.8 Å². The van der Waals surface area contributed by atoms with Gasteiger partial charge in [-0.1, -0.05) is 19.3 Å². The molecule has 0 aromatic rings. The van der Waals surface area contributed by atoms with Gasteiger partial charge in [0, 0.05) is 13.0 Å². The third-order valence-corrected chi connectivity index (χ3v) is 3.67. The van der Waals surface area contributed by atoms with Crippen LogP contribution in [-0.4, -0.2) is 75.4 Å². The molecule has 0 aromatic heterocycles. The number of hydrogen-bond donors (Lipinski definition) is 5. The van der Waals surface area contributed by atoms with Crippen LogP contribution >= 0.6 is 0 Å². The monoisotopic (exact) mass is 322 g/mol. The molecule has 1 heterocycles. The van der Waals surface area contributed by atoms with Crippen molar-refractivity contribution in [3.05, 3.63) is 0 Å². The molecule has 0 aromatic carbocycles. The third kappa shape index (κ3) is 6.15. The lowest BCUT2D eigenvalue weighted by atomic mass is 9.99. The smallest absolute Gasteiger partial charge is 0.303 e. The molecule has 0 saturated carbocycles. The van der Waals surface area contributed by atoms with E-state index in [2.05, 4.69) is 0 Å². The maximum atomic E-state index is 10.3. The molecule has 130 valence electrons. The first-order valence-corrected chi connectivity index (χ1v) is 7.61. The lowest BCUT2D eigenvalue weighted by molar-refractivity contribution is -0.301. The minimum atomic E-state index is -1.42. The van der Waals surface area contributed by atoms with Crippen LogP contribution in [0.1, 0.15) is 38.5 Å². The number of carbonyl (C=O) groups is 1. The lowest BCUT2D eigenvalue weighted by Gasteiger charge is -2.39. The standard InChI is InChI=1S/C14H26O8/c15-8-9-11(18)12(19)13(20)14(22-9)21-7-5-3-1-2-4-6-10(16)17/h9,11-15,18-20H,1-8H2,(H,16,17)/t9-,11-,12+,13-,14?/m1/s1. The Morgan fingerprint density at radius 2 is 1.59 bits per heavy atom. The van der Waals surface area contributed by atoms with Crippen LogP contribution in [-0.2, 0) is 14.3 Å². The van der Waals surface area contributed by atoms with Crippen LogP contribution in [0.25, 0.3) is 0 Å². The molecular weight excluding hydrogens is 296 g/mol. The molecular formula is C14H26O8. The predicted octanol–water partition coefficient (Wildman–Crippen LogP) is -0.772. The van der Waals surface area contributed by atoms with Gasteiger partial charge in [0.15, 0.2) is 6.29 Å². The van der Waals surface area contributed by atoms with Crippen LogP contribution in [0, 0.1) is 0 Å². The number of carboxylic acids is 1. The molecule has 0 bridgehead atoms. The second-order valence-electron chi connectivity index (χ2n) is 5.48. The maximum Gasteiger partial charge on any atom is 0.303 e. The molecule has 1 unspecified atom stereocenters. The second-order valence-corrected chi connectivity index (χ2v) is 5.48. The van der Waals surface area contributed by atoms with Crippen molar-refractivity contribution in [2.24, 2.45) is 0 Å². The first-order chi connectivity index (χ1) is 10.5. The van der Waals surface area contributed by atoms with E-state index in [1.807, 2.05) is 0 Å². The van der Waals surface area contributed by atoms with Gasteiger partial charge >= 0.3 is 5.97 Å². The van der Waals surface area contributed by atoms with Crippen LogP contribution in [0.2, 0.25) is 0 Å². The molecule has 0 aliphatic carbocycles. The van der Waals surface area contributed by atoms with Crippen LogP contribution in [0.15, 0.2) is 0 Å². The van der Waals surface area contributed by atoms with Crippen molar-refractivity contribution >= 4 is 5.97 Å². The van der Waals surface area contributed by atoms with E-state index in [0.717, 1.165) is 19.3 Å². The summed E-state index contributed by atoms with van der Waals surface area (Å²) in [4.78, 5) is 10.3. The molecule has 1 aliphatic heterocycles. The highest BCUT2D eigenvalue weighted by molar-refractivity contribution is 5.66. The Labute approximate surface area is 129 Å². The van der Waals surface area contributed by atoms with Gasteiger partial charge < -0.3 is 35.0 Å². The molecule has 0 amide bonds. The summed E-state index contributed by atoms with van der Waals surface area (Å²) in [5.74, 6) is -0.786. The zero-order valence-corrected chi connectivity index (χ0v) is 12.5. The first-order valence-electron chi connectivity index (χ1n) is 7.61. The molecule has 1 fully saturated rings. The summed E-state index contributed by atoms with van der Waals surface area (Å²) in [6.45, 7) is -0.171. The highest BCUT2D eigenvalue weighted by atomic mass is 16.7. The Kier molecular flexibility index (Phi) is 8.84. The van der Waals surface area contributed by atoms with E-state index in [9.17, 15) is 20.1 Å². The Balaban J connectivity index is 2.14. The van der Waals surface area contributed by atoms with Crippen LogP contribution in [0.3, 0.4) is 0 Å². The SMILES string of the molecule is O=C(O)CCCCCCCOC1O[C@H](CO)[C@@H](O)[C@H](O)[C@H]1O. The van der Waals surface area contributed by atoms with Gasteiger partial charge in [-0.25, -0.2) is 0 Å². The molecule has 22 heavy (non-hydrogen) atoms. The predicted molar refractivity (Wildman–Crippen MR) is 75.1 cm³/mol. The molecule has 0 radical (unpaired) electrons. The molecule has 5 N–H and O–H groups in total. The molecule has 8 heteroatoms. The summed E-state index contributed by atoms with van der Waals surface area (Å²) in [6, 6.07) is 0. The molecule has 1 aliphatic rings. The van der Waals surface area contributed by atoms with E-state index in [0.29, 0.717) is 19.4 Å². The van der Waals surface area contributed by atoms with Crippen LogP contribution in [0.4, 0.5) is 0 Å². The quantitative estimate of drug-likeness (QED) is 0.331. The minimum Gasteiger partial charge on any atom is -0.481 e. The van der Waals surface area contributed by atoms with Crippen LogP contribution < -0.4 is 0 Å². The zero-order valence-electron chi connectivity index (χ0n) is 12.5. The fraction of sp³-hybridized carbons (Fsp3) is 0.929. The molecule has 1 saturated heterocycles. The number of hydrogen-bond acceptors (Lipinski definition) is 7. The van der Waals surface area contributed by atoms with Crippen molar-refractivity contribution in [1.29, 1.82) is 0 Å². The second kappa shape index (κ2) is 10.1. The van der Waals surface area contributed by atoms with Crippen molar-refractivity contribution in [3.8, 4) is 0 Å². The van der Waals surface area contributed by atoms with Crippen LogP contribution in [0.5, 0.6) is 0 Å². The van der Waals surface area contributed by atoms with Gasteiger partial charge in [-0.15, -0.1) is 0 Å². The minimum absolute atomic E-state index is 0.182. The van der Waals surface area contributed by atoms with Crippen molar-refractivity contribution in [1.82, 2.24) is 0 Å². The highest BCUT2D eigenvalue weighted by Gasteiger charge is 2.43. The molecule has 8 nitrogen and oxygen atoms in total. The fourth-order valence-electron chi connectivity index (χ4n) is 2.31. The summed E-state index contributed by atoms with van der Waals surface area (Å²) in [6.07, 6.45) is -2.07. The number of aliphatic carboxylic acids is 1. The highest BCUT2D eigenvalue weighted by Crippen LogP contribution is 2.22. The van der Waals surface area contributed by atoms with Gasteiger partial charge in [-0.2, -0.15) is 0 Å². The average molecular weight is 322 g/mol. The summed E-state index contributed by atoms with van der Waals surface area (Å²) < 4.78 is 10.5. The van der Waals surface area contributed by atoms with Crippen molar-refractivity contribution in [2.45, 2.75) is 69.2 Å². The maximum absolute atomic E-state index is 10.3. The molecule has 0 spiro atoms. The van der Waals surface area contributed by atoms with E-state index < -0.39 is 43.3 Å². The Morgan fingerprint density at radius 3 is 2.23 bits per heavy atom. The summed E-state index contributed by atoms with van der Waals surface area (Å²) in [7, 11) is 0. The van der Waals surface area contributed by atoms with Crippen molar-refractivity contribution in [2.75, 3.05) is 13.2 Å². The average Bonchev–Trinajstić information content (AvgIpc) is 2.49. The van der Waals surface area contributed by atoms with Gasteiger partial charge in [0.05, 0.1) is 6.61 Å². The topological polar surface area (TPSA) is 137 Å². The Morgan fingerprint density at radius 1 is 0.955 bits per heavy atom. The van der Waals surface area contributed by atoms with Crippen molar-refractivity contribution < 1.29 is 39.8 Å². The first kappa shape index (κ1) is 19.3. The fourth-order valence-corrected chi connectivity index (χ4v) is 2.31. The summed E-state index contributed by atoms with van der Waals surface area (Å²) in [5, 5.41) is 46.5. The number of unbranched alkanes of at least 4 members (excludes halogenated alkanes) is 4. The number of aliphatic hydroxyl groups is 4. The normalized spacial score (nSPS) is 32.1. The van der Waals surface area contributed by atoms with E-state index in [1.165, 1.54) is 0 Å². The number of rotatable bonds is 10. The Bertz CT molecular complexity index is 322. The van der Waals surface area contributed by atoms with E-state index in [4.69, 9.17) is 19.7 Å². The summed E-state index contributed by atoms with van der Waals surface area (Å²) in [5.41, 5.74) is 0. The molecule has 5 atom stereocenters. The van der Waals surface area contributed by atoms with E-state index in [1.54, 1.807) is 0 Å². The number of ether oxygens (including phenoxy) is 2.